The van der Waals surface area contributed by atoms with E-state index in [9.17, 15) is 30.6 Å². The molecule has 51 heavy (non-hydrogen) atoms. The molecule has 0 radical (unpaired) electrons. The lowest BCUT2D eigenvalue weighted by Crippen LogP contribution is -2.29. The first-order valence-electron chi connectivity index (χ1n) is 21.8. The molecule has 3 aliphatic rings. The summed E-state index contributed by atoms with van der Waals surface area (Å²) in [7, 11) is 0. The molecule has 6 nitrogen and oxygen atoms in total. The monoisotopic (exact) mass is 727 g/mol. The van der Waals surface area contributed by atoms with Crippen LogP contribution in [0.5, 0.6) is 0 Å². The van der Waals surface area contributed by atoms with Gasteiger partial charge in [0.1, 0.15) is 0 Å². The Kier molecular flexibility index (Phi) is 23.9. The first kappa shape index (κ1) is 48.8. The lowest BCUT2D eigenvalue weighted by Gasteiger charge is -2.31. The quantitative estimate of drug-likeness (QED) is 0.172. The maximum atomic E-state index is 10.2. The predicted molar refractivity (Wildman–Crippen MR) is 215 cm³/mol. The molecule has 0 saturated heterocycles. The van der Waals surface area contributed by atoms with E-state index < -0.39 is 0 Å². The van der Waals surface area contributed by atoms with E-state index in [0.717, 1.165) is 96.3 Å². The molecule has 0 aromatic heterocycles. The lowest BCUT2D eigenvalue weighted by molar-refractivity contribution is 0.0373. The van der Waals surface area contributed by atoms with E-state index in [4.69, 9.17) is 0 Å². The topological polar surface area (TPSA) is 121 Å². The van der Waals surface area contributed by atoms with Gasteiger partial charge >= 0.3 is 0 Å². The molecule has 3 saturated carbocycles. The Bertz CT molecular complexity index is 754. The summed E-state index contributed by atoms with van der Waals surface area (Å²) in [4.78, 5) is 0. The smallest absolute Gasteiger partial charge is 0.0568 e. The van der Waals surface area contributed by atoms with Gasteiger partial charge in [0.2, 0.25) is 0 Å². The van der Waals surface area contributed by atoms with Gasteiger partial charge in [-0.05, 0) is 167 Å². The molecular formula is C45H90O6. The summed E-state index contributed by atoms with van der Waals surface area (Å²) in [5, 5.41) is 60.7. The SMILES string of the molecule is CC(C)[C@H]1CC[C@H](C)[C@H](O)CC[C@H](C)[C@H](O)C1.CC(C)[C@H]1CC[C@H](C)[C@H](O)CC[C@H](C)[C@H](O)C1.CC(C)[C@H]1CC[C@H](C)[C@H](O)CC[C@H](C)[C@H](O)C1. The molecule has 0 spiro atoms. The Hall–Kier alpha value is -0.240. The molecule has 3 aliphatic carbocycles. The molecule has 3 rings (SSSR count). The fourth-order valence-corrected chi connectivity index (χ4v) is 8.54. The van der Waals surface area contributed by atoms with Crippen LogP contribution in [0.3, 0.4) is 0 Å². The highest BCUT2D eigenvalue weighted by molar-refractivity contribution is 4.80. The van der Waals surface area contributed by atoms with Gasteiger partial charge in [0.15, 0.2) is 0 Å². The van der Waals surface area contributed by atoms with Crippen molar-refractivity contribution in [3.63, 3.8) is 0 Å². The van der Waals surface area contributed by atoms with Crippen molar-refractivity contribution in [3.8, 4) is 0 Å². The molecule has 0 heterocycles. The normalized spacial score (nSPS) is 41.5. The molecular weight excluding hydrogens is 636 g/mol. The second-order valence-electron chi connectivity index (χ2n) is 19.5. The van der Waals surface area contributed by atoms with Gasteiger partial charge in [-0.2, -0.15) is 0 Å². The Morgan fingerprint density at radius 2 is 0.451 bits per heavy atom. The van der Waals surface area contributed by atoms with Gasteiger partial charge in [0.25, 0.3) is 0 Å². The van der Waals surface area contributed by atoms with E-state index in [0.29, 0.717) is 71.0 Å². The molecule has 6 heteroatoms. The fourth-order valence-electron chi connectivity index (χ4n) is 8.54. The highest BCUT2D eigenvalue weighted by atomic mass is 16.3. The zero-order chi connectivity index (χ0) is 39.0. The fraction of sp³-hybridized carbons (Fsp3) is 1.00. The third-order valence-electron chi connectivity index (χ3n) is 14.1. The molecule has 0 aliphatic heterocycles. The van der Waals surface area contributed by atoms with Crippen LogP contribution in [0.4, 0.5) is 0 Å². The van der Waals surface area contributed by atoms with E-state index in [1.165, 1.54) is 0 Å². The van der Waals surface area contributed by atoms with Crippen LogP contribution in [0, 0.1) is 71.0 Å². The van der Waals surface area contributed by atoms with Crippen molar-refractivity contribution >= 4 is 0 Å². The van der Waals surface area contributed by atoms with Crippen LogP contribution in [0.2, 0.25) is 0 Å². The summed E-state index contributed by atoms with van der Waals surface area (Å²) in [5.74, 6) is 5.82. The minimum atomic E-state index is -0.192. The van der Waals surface area contributed by atoms with Crippen LogP contribution in [0.25, 0.3) is 0 Å². The van der Waals surface area contributed by atoms with E-state index in [-0.39, 0.29) is 36.6 Å². The maximum absolute atomic E-state index is 10.2. The first-order valence-corrected chi connectivity index (χ1v) is 21.8. The number of hydrogen-bond acceptors (Lipinski definition) is 6. The van der Waals surface area contributed by atoms with Gasteiger partial charge in [0, 0.05) is 0 Å². The standard InChI is InChI=1S/3C15H30O2/c3*1-10(2)13-7-5-11(3)14(16)8-6-12(4)15(17)9-13/h3*10-17H,5-9H2,1-4H3/t3*11-,12-,13-,14+,15+/m000/s1. The Balaban J connectivity index is 0.000000382. The molecule has 0 unspecified atom stereocenters. The molecule has 306 valence electrons. The molecule has 0 bridgehead atoms. The van der Waals surface area contributed by atoms with Gasteiger partial charge in [-0.1, -0.05) is 83.1 Å². The van der Waals surface area contributed by atoms with Gasteiger partial charge in [-0.15, -0.1) is 0 Å². The minimum absolute atomic E-state index is 0.185. The summed E-state index contributed by atoms with van der Waals surface area (Å²) < 4.78 is 0. The summed E-state index contributed by atoms with van der Waals surface area (Å²) >= 11 is 0. The maximum Gasteiger partial charge on any atom is 0.0568 e. The van der Waals surface area contributed by atoms with Crippen LogP contribution in [0.15, 0.2) is 0 Å². The lowest BCUT2D eigenvalue weighted by atomic mass is 9.78. The molecule has 0 aromatic rings. The van der Waals surface area contributed by atoms with Crippen molar-refractivity contribution in [2.75, 3.05) is 0 Å². The number of aliphatic hydroxyl groups is 6. The zero-order valence-electron chi connectivity index (χ0n) is 35.7. The van der Waals surface area contributed by atoms with E-state index in [1.807, 2.05) is 0 Å². The van der Waals surface area contributed by atoms with Gasteiger partial charge in [-0.25, -0.2) is 0 Å². The summed E-state index contributed by atoms with van der Waals surface area (Å²) in [6, 6.07) is 0. The summed E-state index contributed by atoms with van der Waals surface area (Å²) in [6.07, 6.45) is 13.7. The van der Waals surface area contributed by atoms with E-state index >= 15 is 0 Å². The number of aliphatic hydroxyl groups excluding tert-OH is 6. The molecule has 0 amide bonds. The largest absolute Gasteiger partial charge is 0.393 e. The second kappa shape index (κ2) is 25.0. The summed E-state index contributed by atoms with van der Waals surface area (Å²) in [6.45, 7) is 26.3. The van der Waals surface area contributed by atoms with Crippen molar-refractivity contribution in [2.24, 2.45) is 71.0 Å². The van der Waals surface area contributed by atoms with Gasteiger partial charge < -0.3 is 30.6 Å². The number of hydrogen-bond donors (Lipinski definition) is 6. The Morgan fingerprint density at radius 3 is 0.647 bits per heavy atom. The minimum Gasteiger partial charge on any atom is -0.393 e. The van der Waals surface area contributed by atoms with Crippen molar-refractivity contribution in [1.29, 1.82) is 0 Å². The van der Waals surface area contributed by atoms with Gasteiger partial charge in [0.05, 0.1) is 36.6 Å². The van der Waals surface area contributed by atoms with Crippen LogP contribution >= 0.6 is 0 Å². The average molecular weight is 727 g/mol. The molecule has 6 N–H and O–H groups in total. The zero-order valence-corrected chi connectivity index (χ0v) is 35.7. The van der Waals surface area contributed by atoms with Crippen molar-refractivity contribution in [2.45, 2.75) is 216 Å². The highest BCUT2D eigenvalue weighted by Gasteiger charge is 2.29. The van der Waals surface area contributed by atoms with Crippen molar-refractivity contribution < 1.29 is 30.6 Å². The summed E-state index contributed by atoms with van der Waals surface area (Å²) in [5.41, 5.74) is 0. The molecule has 0 aromatic carbocycles. The van der Waals surface area contributed by atoms with Crippen molar-refractivity contribution in [3.05, 3.63) is 0 Å². The van der Waals surface area contributed by atoms with E-state index in [1.54, 1.807) is 0 Å². The molecule has 15 atom stereocenters. The third kappa shape index (κ3) is 18.8. The second-order valence-corrected chi connectivity index (χ2v) is 19.5. The van der Waals surface area contributed by atoms with Gasteiger partial charge in [-0.3, -0.25) is 0 Å². The third-order valence-corrected chi connectivity index (χ3v) is 14.1. The average Bonchev–Trinajstić information content (AvgIpc) is 3.07. The number of rotatable bonds is 3. The highest BCUT2D eigenvalue weighted by Crippen LogP contribution is 2.34. The van der Waals surface area contributed by atoms with E-state index in [2.05, 4.69) is 83.1 Å². The van der Waals surface area contributed by atoms with Crippen LogP contribution in [-0.4, -0.2) is 67.3 Å². The Labute approximate surface area is 317 Å². The van der Waals surface area contributed by atoms with Crippen LogP contribution in [0.1, 0.15) is 179 Å². The van der Waals surface area contributed by atoms with Crippen molar-refractivity contribution in [1.82, 2.24) is 0 Å². The first-order chi connectivity index (χ1) is 23.7. The predicted octanol–water partition coefficient (Wildman–Crippen LogP) is 9.65. The van der Waals surface area contributed by atoms with Crippen LogP contribution in [-0.2, 0) is 0 Å². The molecule has 3 fully saturated rings. The van der Waals surface area contributed by atoms with Crippen LogP contribution < -0.4 is 0 Å². The Morgan fingerprint density at radius 1 is 0.275 bits per heavy atom.